The van der Waals surface area contributed by atoms with Gasteiger partial charge in [-0.1, -0.05) is 17.7 Å². The predicted octanol–water partition coefficient (Wildman–Crippen LogP) is 2.98. The largest absolute Gasteiger partial charge is 0.495 e. The average molecular weight is 243 g/mol. The molecule has 1 aromatic rings. The molecule has 0 saturated carbocycles. The van der Waals surface area contributed by atoms with Crippen LogP contribution in [-0.2, 0) is 11.2 Å². The van der Waals surface area contributed by atoms with Crippen LogP contribution in [0.25, 0.3) is 0 Å². The Kier molecular flexibility index (Phi) is 4.19. The Morgan fingerprint density at radius 2 is 2.12 bits per heavy atom. The molecule has 0 aliphatic carbocycles. The number of halogens is 1. The number of hydrogen-bond acceptors (Lipinski definition) is 2. The maximum absolute atomic E-state index is 10.5. The number of benzene rings is 1. The smallest absolute Gasteiger partial charge is 0.303 e. The number of hydrogen-bond donors (Lipinski definition) is 1. The van der Waals surface area contributed by atoms with Crippen LogP contribution in [-0.4, -0.2) is 18.2 Å². The van der Waals surface area contributed by atoms with Gasteiger partial charge in [0.1, 0.15) is 5.75 Å². The van der Waals surface area contributed by atoms with Crippen molar-refractivity contribution in [3.05, 3.63) is 27.8 Å². The summed E-state index contributed by atoms with van der Waals surface area (Å²) in [5.41, 5.74) is 2.86. The molecule has 0 spiro atoms. The number of aliphatic carboxylic acids is 1. The minimum atomic E-state index is -0.823. The molecule has 0 saturated heterocycles. The van der Waals surface area contributed by atoms with E-state index in [0.717, 1.165) is 16.7 Å². The summed E-state index contributed by atoms with van der Waals surface area (Å²) in [4.78, 5) is 10.5. The zero-order valence-electron chi connectivity index (χ0n) is 9.63. The monoisotopic (exact) mass is 242 g/mol. The SMILES string of the molecule is COc1c(CCC(=O)O)cc(C)c(C)c1Cl. The maximum atomic E-state index is 10.5. The van der Waals surface area contributed by atoms with E-state index in [9.17, 15) is 4.79 Å². The van der Waals surface area contributed by atoms with Gasteiger partial charge in [-0.05, 0) is 37.0 Å². The molecule has 88 valence electrons. The summed E-state index contributed by atoms with van der Waals surface area (Å²) >= 11 is 6.15. The van der Waals surface area contributed by atoms with E-state index >= 15 is 0 Å². The lowest BCUT2D eigenvalue weighted by Crippen LogP contribution is -2.01. The molecule has 0 atom stereocenters. The first-order valence-electron chi connectivity index (χ1n) is 5.01. The van der Waals surface area contributed by atoms with Gasteiger partial charge < -0.3 is 9.84 Å². The zero-order chi connectivity index (χ0) is 12.3. The summed E-state index contributed by atoms with van der Waals surface area (Å²) in [6.07, 6.45) is 0.508. The van der Waals surface area contributed by atoms with Crippen molar-refractivity contribution in [3.63, 3.8) is 0 Å². The molecule has 0 unspecified atom stereocenters. The third-order valence-electron chi connectivity index (χ3n) is 2.61. The van der Waals surface area contributed by atoms with E-state index in [1.807, 2.05) is 19.9 Å². The van der Waals surface area contributed by atoms with E-state index in [1.165, 1.54) is 0 Å². The summed E-state index contributed by atoms with van der Waals surface area (Å²) in [7, 11) is 1.54. The molecule has 0 aromatic heterocycles. The highest BCUT2D eigenvalue weighted by molar-refractivity contribution is 6.33. The average Bonchev–Trinajstić information content (AvgIpc) is 2.23. The standard InChI is InChI=1S/C12H15ClO3/c1-7-6-9(4-5-10(14)15)12(16-3)11(13)8(7)2/h6H,4-5H2,1-3H3,(H,14,15). The first-order chi connectivity index (χ1) is 7.47. The molecule has 0 bridgehead atoms. The Morgan fingerprint density at radius 3 is 2.62 bits per heavy atom. The number of aryl methyl sites for hydroxylation is 2. The summed E-state index contributed by atoms with van der Waals surface area (Å²) < 4.78 is 5.22. The molecular weight excluding hydrogens is 228 g/mol. The maximum Gasteiger partial charge on any atom is 0.303 e. The van der Waals surface area contributed by atoms with Crippen molar-refractivity contribution in [2.45, 2.75) is 26.7 Å². The van der Waals surface area contributed by atoms with Crippen molar-refractivity contribution in [1.29, 1.82) is 0 Å². The fourth-order valence-electron chi connectivity index (χ4n) is 1.57. The van der Waals surface area contributed by atoms with Gasteiger partial charge >= 0.3 is 5.97 Å². The molecule has 4 heteroatoms. The number of carboxylic acids is 1. The predicted molar refractivity (Wildman–Crippen MR) is 63.4 cm³/mol. The second kappa shape index (κ2) is 5.21. The van der Waals surface area contributed by atoms with Crippen LogP contribution in [0.3, 0.4) is 0 Å². The van der Waals surface area contributed by atoms with E-state index in [4.69, 9.17) is 21.4 Å². The highest BCUT2D eigenvalue weighted by Crippen LogP contribution is 2.34. The van der Waals surface area contributed by atoms with Crippen LogP contribution in [0, 0.1) is 13.8 Å². The third kappa shape index (κ3) is 2.67. The molecule has 3 nitrogen and oxygen atoms in total. The van der Waals surface area contributed by atoms with Crippen LogP contribution < -0.4 is 4.74 Å². The molecule has 16 heavy (non-hydrogen) atoms. The third-order valence-corrected chi connectivity index (χ3v) is 3.07. The molecule has 1 N–H and O–H groups in total. The molecule has 0 amide bonds. The molecule has 0 fully saturated rings. The van der Waals surface area contributed by atoms with Crippen molar-refractivity contribution in [1.82, 2.24) is 0 Å². The van der Waals surface area contributed by atoms with Gasteiger partial charge in [-0.15, -0.1) is 0 Å². The molecular formula is C12H15ClO3. The van der Waals surface area contributed by atoms with E-state index < -0.39 is 5.97 Å². The van der Waals surface area contributed by atoms with Gasteiger partial charge in [-0.25, -0.2) is 0 Å². The van der Waals surface area contributed by atoms with E-state index in [-0.39, 0.29) is 6.42 Å². The molecule has 0 aliphatic heterocycles. The fourth-order valence-corrected chi connectivity index (χ4v) is 1.92. The molecule has 1 aromatic carbocycles. The van der Waals surface area contributed by atoms with Crippen molar-refractivity contribution in [3.8, 4) is 5.75 Å². The van der Waals surface area contributed by atoms with Crippen LogP contribution >= 0.6 is 11.6 Å². The number of carboxylic acid groups (broad SMARTS) is 1. The van der Waals surface area contributed by atoms with Gasteiger partial charge in [0.15, 0.2) is 0 Å². The van der Waals surface area contributed by atoms with Crippen molar-refractivity contribution >= 4 is 17.6 Å². The summed E-state index contributed by atoms with van der Waals surface area (Å²) in [5, 5.41) is 9.23. The fraction of sp³-hybridized carbons (Fsp3) is 0.417. The molecule has 1 rings (SSSR count). The minimum Gasteiger partial charge on any atom is -0.495 e. The van der Waals surface area contributed by atoms with E-state index in [2.05, 4.69) is 0 Å². The Morgan fingerprint density at radius 1 is 1.50 bits per heavy atom. The minimum absolute atomic E-state index is 0.0786. The van der Waals surface area contributed by atoms with Crippen LogP contribution in [0.5, 0.6) is 5.75 Å². The summed E-state index contributed by atoms with van der Waals surface area (Å²) in [6.45, 7) is 3.87. The Labute approximate surface area is 100.0 Å². The highest BCUT2D eigenvalue weighted by atomic mass is 35.5. The van der Waals surface area contributed by atoms with Gasteiger partial charge in [0, 0.05) is 6.42 Å². The summed E-state index contributed by atoms with van der Waals surface area (Å²) in [6, 6.07) is 1.93. The second-order valence-corrected chi connectivity index (χ2v) is 4.10. The number of methoxy groups -OCH3 is 1. The Bertz CT molecular complexity index is 413. The van der Waals surface area contributed by atoms with Crippen molar-refractivity contribution in [2.24, 2.45) is 0 Å². The molecule has 0 aliphatic rings. The van der Waals surface area contributed by atoms with Gasteiger partial charge in [0.05, 0.1) is 12.1 Å². The van der Waals surface area contributed by atoms with Crippen LogP contribution in [0.2, 0.25) is 5.02 Å². The number of ether oxygens (including phenoxy) is 1. The van der Waals surface area contributed by atoms with Crippen LogP contribution in [0.15, 0.2) is 6.07 Å². The normalized spacial score (nSPS) is 10.2. The van der Waals surface area contributed by atoms with Gasteiger partial charge in [0.2, 0.25) is 0 Å². The Hall–Kier alpha value is -1.22. The summed E-state index contributed by atoms with van der Waals surface area (Å²) in [5.74, 6) is -0.234. The van der Waals surface area contributed by atoms with Crippen molar-refractivity contribution < 1.29 is 14.6 Å². The van der Waals surface area contributed by atoms with Crippen molar-refractivity contribution in [2.75, 3.05) is 7.11 Å². The lowest BCUT2D eigenvalue weighted by Gasteiger charge is -2.13. The second-order valence-electron chi connectivity index (χ2n) is 3.72. The van der Waals surface area contributed by atoms with Crippen LogP contribution in [0.4, 0.5) is 0 Å². The van der Waals surface area contributed by atoms with Gasteiger partial charge in [0.25, 0.3) is 0 Å². The molecule has 0 radical (unpaired) electrons. The zero-order valence-corrected chi connectivity index (χ0v) is 10.4. The van der Waals surface area contributed by atoms with E-state index in [1.54, 1.807) is 7.11 Å². The number of carbonyl (C=O) groups is 1. The van der Waals surface area contributed by atoms with E-state index in [0.29, 0.717) is 17.2 Å². The van der Waals surface area contributed by atoms with Gasteiger partial charge in [-0.3, -0.25) is 4.79 Å². The first-order valence-corrected chi connectivity index (χ1v) is 5.39. The number of rotatable bonds is 4. The highest BCUT2D eigenvalue weighted by Gasteiger charge is 2.13. The Balaban J connectivity index is 3.12. The first kappa shape index (κ1) is 12.8. The molecule has 0 heterocycles. The lowest BCUT2D eigenvalue weighted by molar-refractivity contribution is -0.136. The lowest BCUT2D eigenvalue weighted by atomic mass is 10.0. The topological polar surface area (TPSA) is 46.5 Å². The van der Waals surface area contributed by atoms with Crippen LogP contribution in [0.1, 0.15) is 23.1 Å². The van der Waals surface area contributed by atoms with Gasteiger partial charge in [-0.2, -0.15) is 0 Å². The quantitative estimate of drug-likeness (QED) is 0.883.